The first-order valence-corrected chi connectivity index (χ1v) is 5.49. The Morgan fingerprint density at radius 1 is 1.59 bits per heavy atom. The maximum atomic E-state index is 10.8. The van der Waals surface area contributed by atoms with Crippen molar-refractivity contribution in [2.24, 2.45) is 7.05 Å². The van der Waals surface area contributed by atoms with E-state index < -0.39 is 12.1 Å². The van der Waals surface area contributed by atoms with Crippen LogP contribution in [0.25, 0.3) is 0 Å². The summed E-state index contributed by atoms with van der Waals surface area (Å²) in [5, 5.41) is 16.9. The fraction of sp³-hybridized carbons (Fsp3) is 0.700. The predicted molar refractivity (Wildman–Crippen MR) is 58.4 cm³/mol. The molecule has 1 aliphatic rings. The van der Waals surface area contributed by atoms with Gasteiger partial charge in [-0.3, -0.25) is 4.90 Å². The molecule has 0 aliphatic carbocycles. The summed E-state index contributed by atoms with van der Waals surface area (Å²) < 4.78 is 7.07. The summed E-state index contributed by atoms with van der Waals surface area (Å²) >= 11 is 0. The van der Waals surface area contributed by atoms with E-state index in [4.69, 9.17) is 9.84 Å². The van der Waals surface area contributed by atoms with E-state index in [2.05, 4.69) is 10.2 Å². The summed E-state index contributed by atoms with van der Waals surface area (Å²) in [6.45, 7) is 4.03. The van der Waals surface area contributed by atoms with Crippen molar-refractivity contribution in [1.29, 1.82) is 0 Å². The number of morpholine rings is 1. The number of ether oxygens (including phenoxy) is 1. The highest BCUT2D eigenvalue weighted by atomic mass is 16.5. The Labute approximate surface area is 99.0 Å². The summed E-state index contributed by atoms with van der Waals surface area (Å²) in [4.78, 5) is 12.9. The molecule has 0 radical (unpaired) electrons. The second-order valence-corrected chi connectivity index (χ2v) is 4.16. The van der Waals surface area contributed by atoms with Crippen molar-refractivity contribution in [3.8, 4) is 0 Å². The second kappa shape index (κ2) is 4.80. The zero-order valence-electron chi connectivity index (χ0n) is 9.96. The molecule has 1 saturated heterocycles. The van der Waals surface area contributed by atoms with Crippen LogP contribution in [-0.2, 0) is 23.1 Å². The first-order chi connectivity index (χ1) is 8.08. The van der Waals surface area contributed by atoms with Gasteiger partial charge in [0.25, 0.3) is 0 Å². The third-order valence-corrected chi connectivity index (χ3v) is 2.97. The Morgan fingerprint density at radius 3 is 2.94 bits per heavy atom. The van der Waals surface area contributed by atoms with E-state index in [0.29, 0.717) is 19.7 Å². The van der Waals surface area contributed by atoms with Gasteiger partial charge in [-0.25, -0.2) is 4.79 Å². The van der Waals surface area contributed by atoms with Gasteiger partial charge in [-0.2, -0.15) is 0 Å². The normalized spacial score (nSPS) is 21.6. The Bertz CT molecular complexity index is 418. The minimum absolute atomic E-state index is 0.390. The van der Waals surface area contributed by atoms with Crippen LogP contribution in [0.15, 0.2) is 0 Å². The van der Waals surface area contributed by atoms with Crippen molar-refractivity contribution in [1.82, 2.24) is 19.7 Å². The highest BCUT2D eigenvalue weighted by Crippen LogP contribution is 2.09. The van der Waals surface area contributed by atoms with E-state index in [1.165, 1.54) is 0 Å². The molecule has 2 heterocycles. The number of aryl methyl sites for hydroxylation is 1. The summed E-state index contributed by atoms with van der Waals surface area (Å²) in [6, 6.07) is 0. The van der Waals surface area contributed by atoms with Gasteiger partial charge in [-0.15, -0.1) is 10.2 Å². The first kappa shape index (κ1) is 12.0. The third kappa shape index (κ3) is 2.62. The van der Waals surface area contributed by atoms with Crippen molar-refractivity contribution in [3.63, 3.8) is 0 Å². The lowest BCUT2D eigenvalue weighted by molar-refractivity contribution is -0.156. The number of hydrogen-bond donors (Lipinski definition) is 1. The first-order valence-electron chi connectivity index (χ1n) is 5.49. The number of hydrogen-bond acceptors (Lipinski definition) is 5. The van der Waals surface area contributed by atoms with Crippen LogP contribution in [0.1, 0.15) is 11.6 Å². The van der Waals surface area contributed by atoms with Crippen LogP contribution in [0.2, 0.25) is 0 Å². The molecule has 0 aromatic carbocycles. The molecule has 1 aliphatic heterocycles. The fourth-order valence-electron chi connectivity index (χ4n) is 1.78. The molecule has 1 unspecified atom stereocenters. The molecule has 1 aromatic heterocycles. The average Bonchev–Trinajstić information content (AvgIpc) is 2.61. The van der Waals surface area contributed by atoms with Gasteiger partial charge in [-0.05, 0) is 6.92 Å². The zero-order chi connectivity index (χ0) is 12.4. The van der Waals surface area contributed by atoms with E-state index in [9.17, 15) is 4.79 Å². The Hall–Kier alpha value is -1.47. The van der Waals surface area contributed by atoms with Gasteiger partial charge >= 0.3 is 5.97 Å². The molecular weight excluding hydrogens is 224 g/mol. The lowest BCUT2D eigenvalue weighted by atomic mass is 10.2. The number of carboxylic acid groups (broad SMARTS) is 1. The lowest BCUT2D eigenvalue weighted by Gasteiger charge is -2.30. The molecule has 94 valence electrons. The van der Waals surface area contributed by atoms with Crippen LogP contribution < -0.4 is 0 Å². The highest BCUT2D eigenvalue weighted by molar-refractivity contribution is 5.72. The van der Waals surface area contributed by atoms with Gasteiger partial charge in [-0.1, -0.05) is 0 Å². The monoisotopic (exact) mass is 240 g/mol. The maximum Gasteiger partial charge on any atom is 0.334 e. The predicted octanol–water partition coefficient (Wildman–Crippen LogP) is -0.591. The van der Waals surface area contributed by atoms with Gasteiger partial charge in [0.1, 0.15) is 11.6 Å². The third-order valence-electron chi connectivity index (χ3n) is 2.97. The molecule has 1 atom stereocenters. The topological polar surface area (TPSA) is 80.5 Å². The van der Waals surface area contributed by atoms with Crippen LogP contribution in [0.5, 0.6) is 0 Å². The quantitative estimate of drug-likeness (QED) is 0.760. The maximum absolute atomic E-state index is 10.8. The van der Waals surface area contributed by atoms with Crippen LogP contribution in [-0.4, -0.2) is 56.5 Å². The molecule has 7 heteroatoms. The number of aromatic nitrogens is 3. The van der Waals surface area contributed by atoms with E-state index in [0.717, 1.165) is 18.2 Å². The molecule has 1 fully saturated rings. The summed E-state index contributed by atoms with van der Waals surface area (Å²) in [7, 11) is 1.90. The van der Waals surface area contributed by atoms with Crippen LogP contribution in [0.4, 0.5) is 0 Å². The molecule has 7 nitrogen and oxygen atoms in total. The standard InChI is InChI=1S/C10H16N4O3/c1-7-11-12-9(13(7)2)6-14-3-4-17-8(5-14)10(15)16/h8H,3-6H2,1-2H3,(H,15,16). The van der Waals surface area contributed by atoms with Crippen LogP contribution in [0.3, 0.4) is 0 Å². The molecule has 1 N–H and O–H groups in total. The second-order valence-electron chi connectivity index (χ2n) is 4.16. The summed E-state index contributed by atoms with van der Waals surface area (Å²) in [5.41, 5.74) is 0. The summed E-state index contributed by atoms with van der Waals surface area (Å²) in [6.07, 6.45) is -0.738. The van der Waals surface area contributed by atoms with E-state index in [1.807, 2.05) is 23.4 Å². The van der Waals surface area contributed by atoms with Gasteiger partial charge in [0.05, 0.1) is 13.2 Å². The van der Waals surface area contributed by atoms with Crippen molar-refractivity contribution < 1.29 is 14.6 Å². The van der Waals surface area contributed by atoms with Crippen LogP contribution in [0, 0.1) is 6.92 Å². The average molecular weight is 240 g/mol. The number of carbonyl (C=O) groups is 1. The highest BCUT2D eigenvalue weighted by Gasteiger charge is 2.26. The summed E-state index contributed by atoms with van der Waals surface area (Å²) in [5.74, 6) is 0.778. The molecule has 0 saturated carbocycles. The molecule has 0 amide bonds. The van der Waals surface area contributed by atoms with Crippen molar-refractivity contribution in [2.45, 2.75) is 19.6 Å². The fourth-order valence-corrected chi connectivity index (χ4v) is 1.78. The Balaban J connectivity index is 1.99. The number of nitrogens with zero attached hydrogens (tertiary/aromatic N) is 4. The van der Waals surface area contributed by atoms with Crippen molar-refractivity contribution in [2.75, 3.05) is 19.7 Å². The van der Waals surface area contributed by atoms with Gasteiger partial charge in [0.15, 0.2) is 6.10 Å². The molecule has 17 heavy (non-hydrogen) atoms. The smallest absolute Gasteiger partial charge is 0.334 e. The van der Waals surface area contributed by atoms with Gasteiger partial charge in [0.2, 0.25) is 0 Å². The van der Waals surface area contributed by atoms with Crippen molar-refractivity contribution >= 4 is 5.97 Å². The number of aliphatic carboxylic acids is 1. The van der Waals surface area contributed by atoms with E-state index in [1.54, 1.807) is 0 Å². The lowest BCUT2D eigenvalue weighted by Crippen LogP contribution is -2.45. The van der Waals surface area contributed by atoms with Gasteiger partial charge in [0, 0.05) is 20.1 Å². The van der Waals surface area contributed by atoms with E-state index in [-0.39, 0.29) is 0 Å². The largest absolute Gasteiger partial charge is 0.479 e. The zero-order valence-corrected chi connectivity index (χ0v) is 9.96. The molecule has 1 aromatic rings. The minimum atomic E-state index is -0.913. The molecule has 0 bridgehead atoms. The Morgan fingerprint density at radius 2 is 2.35 bits per heavy atom. The molecule has 2 rings (SSSR count). The van der Waals surface area contributed by atoms with Crippen molar-refractivity contribution in [3.05, 3.63) is 11.6 Å². The molecule has 0 spiro atoms. The molecular formula is C10H16N4O3. The van der Waals surface area contributed by atoms with Crippen LogP contribution >= 0.6 is 0 Å². The van der Waals surface area contributed by atoms with E-state index >= 15 is 0 Å². The number of rotatable bonds is 3. The SMILES string of the molecule is Cc1nnc(CN2CCOC(C(=O)O)C2)n1C. The Kier molecular flexibility index (Phi) is 3.39. The van der Waals surface area contributed by atoms with Gasteiger partial charge < -0.3 is 14.4 Å². The number of carboxylic acids is 1. The minimum Gasteiger partial charge on any atom is -0.479 e.